The highest BCUT2D eigenvalue weighted by Crippen LogP contribution is 2.33. The average molecular weight is 522 g/mol. The smallest absolute Gasteiger partial charge is 0.333 e. The van der Waals surface area contributed by atoms with Gasteiger partial charge in [0.2, 0.25) is 5.91 Å². The number of nitro benzene ring substituents is 1. The fourth-order valence-corrected chi connectivity index (χ4v) is 3.80. The zero-order valence-corrected chi connectivity index (χ0v) is 20.0. The minimum absolute atomic E-state index is 0.0939. The molecule has 35 heavy (non-hydrogen) atoms. The molecule has 2 amide bonds. The summed E-state index contributed by atoms with van der Waals surface area (Å²) in [7, 11) is 0. The molecule has 0 saturated carbocycles. The van der Waals surface area contributed by atoms with Crippen LogP contribution >= 0.6 is 23.2 Å². The van der Waals surface area contributed by atoms with Crippen molar-refractivity contribution in [3.63, 3.8) is 0 Å². The van der Waals surface area contributed by atoms with Crippen LogP contribution in [0.5, 0.6) is 11.5 Å². The number of non-ortho nitro benzene ring substituents is 1. The molecule has 3 aliphatic heterocycles. The summed E-state index contributed by atoms with van der Waals surface area (Å²) >= 11 is 11.9. The van der Waals surface area contributed by atoms with Gasteiger partial charge in [0.1, 0.15) is 29.6 Å². The Morgan fingerprint density at radius 3 is 2.26 bits per heavy atom. The lowest BCUT2D eigenvalue weighted by atomic mass is 9.99. The summed E-state index contributed by atoms with van der Waals surface area (Å²) in [5.41, 5.74) is -0.338. The fraction of sp³-hybridized carbons (Fsp3) is 0.261. The van der Waals surface area contributed by atoms with E-state index in [9.17, 15) is 24.5 Å². The minimum atomic E-state index is -1.21. The SMILES string of the molecule is C=C(CCl)C(C(=O)OCc1ccc([N+](=O)[O-])cc1)N1C(=O)C(NC(C)=O)C1Cl.c1cc2cc(c1)O2. The number of halogens is 2. The van der Waals surface area contributed by atoms with Crippen LogP contribution in [0, 0.1) is 10.1 Å². The number of rotatable bonds is 8. The number of benzene rings is 2. The third-order valence-electron chi connectivity index (χ3n) is 5.05. The Labute approximate surface area is 210 Å². The molecule has 1 N–H and O–H groups in total. The minimum Gasteiger partial charge on any atom is -0.459 e. The standard InChI is InChI=1S/C17H17Cl2N3O6.C6H4O/c1-9(7-18)14(21-15(19)13(16(21)24)20-10(2)23)17(25)28-8-11-3-5-12(6-4-11)22(26)27;1-2-5-4-6(3-1)7-5/h3-6,13-15H,1,7-8H2,2H3,(H,20,23);1-4H. The Bertz CT molecular complexity index is 1130. The van der Waals surface area contributed by atoms with E-state index in [4.69, 9.17) is 32.7 Å². The highest BCUT2D eigenvalue weighted by atomic mass is 35.5. The molecule has 3 unspecified atom stereocenters. The van der Waals surface area contributed by atoms with E-state index < -0.39 is 40.3 Å². The maximum Gasteiger partial charge on any atom is 0.333 e. The van der Waals surface area contributed by atoms with E-state index in [0.29, 0.717) is 5.56 Å². The monoisotopic (exact) mass is 521 g/mol. The van der Waals surface area contributed by atoms with Gasteiger partial charge in [-0.2, -0.15) is 0 Å². The number of carbonyl (C=O) groups excluding carboxylic acids is 3. The lowest BCUT2D eigenvalue weighted by Gasteiger charge is -2.47. The van der Waals surface area contributed by atoms with Crippen LogP contribution in [0.1, 0.15) is 12.5 Å². The number of likely N-dealkylation sites (tertiary alicyclic amines) is 1. The zero-order chi connectivity index (χ0) is 25.7. The molecule has 184 valence electrons. The highest BCUT2D eigenvalue weighted by molar-refractivity contribution is 6.27. The number of ether oxygens (including phenoxy) is 2. The largest absolute Gasteiger partial charge is 0.459 e. The molecule has 0 aliphatic carbocycles. The van der Waals surface area contributed by atoms with Gasteiger partial charge >= 0.3 is 5.97 Å². The van der Waals surface area contributed by atoms with Gasteiger partial charge in [0.05, 0.1) is 4.92 Å². The van der Waals surface area contributed by atoms with Crippen molar-refractivity contribution in [3.8, 4) is 11.5 Å². The summed E-state index contributed by atoms with van der Waals surface area (Å²) in [4.78, 5) is 47.2. The Morgan fingerprint density at radius 2 is 1.86 bits per heavy atom. The summed E-state index contributed by atoms with van der Waals surface area (Å²) in [5.74, 6) is 0.0605. The van der Waals surface area contributed by atoms with Crippen molar-refractivity contribution in [2.45, 2.75) is 31.1 Å². The van der Waals surface area contributed by atoms with Crippen LogP contribution < -0.4 is 10.1 Å². The molecule has 10 nitrogen and oxygen atoms in total. The first-order chi connectivity index (χ1) is 16.6. The first-order valence-corrected chi connectivity index (χ1v) is 11.2. The average Bonchev–Trinajstić information content (AvgIpc) is 2.84. The summed E-state index contributed by atoms with van der Waals surface area (Å²) < 4.78 is 10.2. The van der Waals surface area contributed by atoms with Crippen LogP contribution in [-0.4, -0.2) is 51.1 Å². The first-order valence-electron chi connectivity index (χ1n) is 10.3. The van der Waals surface area contributed by atoms with Gasteiger partial charge in [-0.3, -0.25) is 19.7 Å². The number of alkyl halides is 2. The van der Waals surface area contributed by atoms with E-state index in [1.54, 1.807) is 0 Å². The van der Waals surface area contributed by atoms with Gasteiger partial charge in [-0.1, -0.05) is 24.2 Å². The van der Waals surface area contributed by atoms with E-state index in [1.807, 2.05) is 24.3 Å². The number of esters is 1. The molecular formula is C23H21Cl2N3O7. The molecule has 0 aromatic heterocycles. The molecular weight excluding hydrogens is 501 g/mol. The van der Waals surface area contributed by atoms with Crippen LogP contribution in [0.15, 0.2) is 60.7 Å². The number of nitro groups is 1. The first kappa shape index (κ1) is 26.0. The van der Waals surface area contributed by atoms with Crippen molar-refractivity contribution in [1.29, 1.82) is 0 Å². The number of nitrogens with one attached hydrogen (secondary N) is 1. The van der Waals surface area contributed by atoms with Gasteiger partial charge in [-0.25, -0.2) is 4.79 Å². The van der Waals surface area contributed by atoms with Crippen molar-refractivity contribution in [2.75, 3.05) is 5.88 Å². The van der Waals surface area contributed by atoms with Crippen LogP contribution in [0.25, 0.3) is 0 Å². The number of nitrogens with zero attached hydrogens (tertiary/aromatic N) is 2. The van der Waals surface area contributed by atoms with E-state index in [-0.39, 0.29) is 23.7 Å². The predicted molar refractivity (Wildman–Crippen MR) is 127 cm³/mol. The summed E-state index contributed by atoms with van der Waals surface area (Å²) in [5, 5.41) is 13.1. The molecule has 3 heterocycles. The number of amides is 2. The number of hydrogen-bond donors (Lipinski definition) is 1. The van der Waals surface area contributed by atoms with Gasteiger partial charge in [-0.05, 0) is 35.4 Å². The molecule has 0 spiro atoms. The zero-order valence-electron chi connectivity index (χ0n) is 18.5. The summed E-state index contributed by atoms with van der Waals surface area (Å²) in [6.07, 6.45) is 0. The van der Waals surface area contributed by atoms with E-state index >= 15 is 0 Å². The molecule has 3 aliphatic rings. The molecule has 5 rings (SSSR count). The summed E-state index contributed by atoms with van der Waals surface area (Å²) in [6, 6.07) is 11.1. The molecule has 1 saturated heterocycles. The number of hydrogen-bond acceptors (Lipinski definition) is 7. The summed E-state index contributed by atoms with van der Waals surface area (Å²) in [6.45, 7) is 4.76. The second-order valence-corrected chi connectivity index (χ2v) is 8.31. The quantitative estimate of drug-likeness (QED) is 0.0912. The Balaban J connectivity index is 0.000000410. The Kier molecular flexibility index (Phi) is 8.31. The molecule has 2 aromatic carbocycles. The van der Waals surface area contributed by atoms with E-state index in [2.05, 4.69) is 11.9 Å². The lowest BCUT2D eigenvalue weighted by Crippen LogP contribution is -2.72. The van der Waals surface area contributed by atoms with Crippen molar-refractivity contribution >= 4 is 46.7 Å². The van der Waals surface area contributed by atoms with Crippen LogP contribution in [-0.2, 0) is 25.7 Å². The number of carbonyl (C=O) groups is 3. The van der Waals surface area contributed by atoms with Crippen molar-refractivity contribution in [2.24, 2.45) is 0 Å². The molecule has 1 fully saturated rings. The van der Waals surface area contributed by atoms with Gasteiger partial charge < -0.3 is 19.7 Å². The third kappa shape index (κ3) is 6.09. The molecule has 12 heteroatoms. The Morgan fingerprint density at radius 1 is 1.26 bits per heavy atom. The molecule has 2 bridgehead atoms. The van der Waals surface area contributed by atoms with Crippen molar-refractivity contribution in [1.82, 2.24) is 10.2 Å². The van der Waals surface area contributed by atoms with Crippen LogP contribution in [0.2, 0.25) is 0 Å². The molecule has 3 atom stereocenters. The fourth-order valence-electron chi connectivity index (χ4n) is 3.27. The predicted octanol–water partition coefficient (Wildman–Crippen LogP) is 3.51. The second kappa shape index (κ2) is 11.2. The van der Waals surface area contributed by atoms with Gasteiger partial charge in [0.15, 0.2) is 6.04 Å². The second-order valence-electron chi connectivity index (χ2n) is 7.60. The molecule has 0 radical (unpaired) electrons. The normalized spacial score (nSPS) is 17.9. The Hall–Kier alpha value is -3.63. The maximum atomic E-state index is 12.6. The lowest BCUT2D eigenvalue weighted by molar-refractivity contribution is -0.384. The molecule has 2 aromatic rings. The number of fused-ring (bicyclic) bond motifs is 2. The maximum absolute atomic E-state index is 12.6. The van der Waals surface area contributed by atoms with Crippen molar-refractivity contribution < 1.29 is 28.8 Å². The van der Waals surface area contributed by atoms with Crippen LogP contribution in [0.3, 0.4) is 0 Å². The number of β-lactam (4-membered cyclic amide) rings is 1. The highest BCUT2D eigenvalue weighted by Gasteiger charge is 2.52. The van der Waals surface area contributed by atoms with Gasteiger partial charge in [-0.15, -0.1) is 11.6 Å². The van der Waals surface area contributed by atoms with Crippen molar-refractivity contribution in [3.05, 3.63) is 76.4 Å². The van der Waals surface area contributed by atoms with E-state index in [0.717, 1.165) is 16.4 Å². The topological polar surface area (TPSA) is 128 Å². The third-order valence-corrected chi connectivity index (χ3v) is 5.85. The van der Waals surface area contributed by atoms with Crippen LogP contribution in [0.4, 0.5) is 5.69 Å². The van der Waals surface area contributed by atoms with Gasteiger partial charge in [0.25, 0.3) is 11.6 Å². The van der Waals surface area contributed by atoms with Gasteiger partial charge in [0, 0.05) is 31.0 Å². The van der Waals surface area contributed by atoms with E-state index in [1.165, 1.54) is 31.2 Å².